The molecule has 0 aromatic heterocycles. The number of rotatable bonds is 1. The second-order valence-electron chi connectivity index (χ2n) is 3.81. The number of nitrogens with zero attached hydrogens (tertiary/aromatic N) is 1. The van der Waals surface area contributed by atoms with Crippen molar-refractivity contribution in [1.29, 1.82) is 0 Å². The summed E-state index contributed by atoms with van der Waals surface area (Å²) < 4.78 is 4.85. The van der Waals surface area contributed by atoms with Gasteiger partial charge >= 0.3 is 5.97 Å². The van der Waals surface area contributed by atoms with Crippen LogP contribution in [0.2, 0.25) is 0 Å². The van der Waals surface area contributed by atoms with Gasteiger partial charge in [-0.3, -0.25) is 9.69 Å². The Morgan fingerprint density at radius 2 is 2.31 bits per heavy atom. The highest BCUT2D eigenvalue weighted by atomic mass is 16.5. The van der Waals surface area contributed by atoms with Gasteiger partial charge in [0.25, 0.3) is 0 Å². The highest BCUT2D eigenvalue weighted by molar-refractivity contribution is 5.72. The van der Waals surface area contributed by atoms with Crippen molar-refractivity contribution in [2.24, 2.45) is 0 Å². The molecule has 74 valence electrons. The third kappa shape index (κ3) is 2.00. The number of aliphatic hydroxyl groups is 1. The van der Waals surface area contributed by atoms with Gasteiger partial charge in [-0.2, -0.15) is 0 Å². The predicted molar refractivity (Wildman–Crippen MR) is 46.2 cm³/mol. The van der Waals surface area contributed by atoms with Gasteiger partial charge in [-0.05, 0) is 19.3 Å². The number of aliphatic hydroxyl groups excluding tert-OH is 1. The molecule has 2 atom stereocenters. The number of hydrogen-bond donors (Lipinski definition) is 1. The molecular formula is C9H15NO3. The van der Waals surface area contributed by atoms with Crippen molar-refractivity contribution in [1.82, 2.24) is 4.90 Å². The van der Waals surface area contributed by atoms with Gasteiger partial charge in [0.05, 0.1) is 12.6 Å². The van der Waals surface area contributed by atoms with E-state index in [1.165, 1.54) is 0 Å². The van der Waals surface area contributed by atoms with Crippen LogP contribution in [-0.2, 0) is 9.53 Å². The lowest BCUT2D eigenvalue weighted by atomic mass is 10.2. The molecule has 4 nitrogen and oxygen atoms in total. The van der Waals surface area contributed by atoms with E-state index < -0.39 is 0 Å². The van der Waals surface area contributed by atoms with Crippen molar-refractivity contribution >= 4 is 5.97 Å². The Bertz CT molecular complexity index is 207. The van der Waals surface area contributed by atoms with E-state index in [1.54, 1.807) is 0 Å². The first-order valence-electron chi connectivity index (χ1n) is 4.83. The average Bonchev–Trinajstić information content (AvgIpc) is 2.52. The summed E-state index contributed by atoms with van der Waals surface area (Å²) in [5, 5.41) is 9.35. The smallest absolute Gasteiger partial charge is 0.320 e. The maximum Gasteiger partial charge on any atom is 0.320 e. The summed E-state index contributed by atoms with van der Waals surface area (Å²) in [6, 6.07) is 0.392. The molecule has 1 heterocycles. The standard InChI is InChI=1S/C9H15NO3/c11-8-2-1-7(5-8)10-3-4-13-9(12)6-10/h7-8,11H,1-6H2. The number of hydrogen-bond acceptors (Lipinski definition) is 4. The molecule has 0 aromatic carbocycles. The number of cyclic esters (lactones) is 1. The van der Waals surface area contributed by atoms with Crippen molar-refractivity contribution in [3.8, 4) is 0 Å². The zero-order valence-electron chi connectivity index (χ0n) is 7.61. The first kappa shape index (κ1) is 8.97. The molecule has 4 heteroatoms. The zero-order valence-corrected chi connectivity index (χ0v) is 7.61. The van der Waals surface area contributed by atoms with Crippen LogP contribution in [0.1, 0.15) is 19.3 Å². The molecule has 13 heavy (non-hydrogen) atoms. The van der Waals surface area contributed by atoms with Crippen molar-refractivity contribution in [2.45, 2.75) is 31.4 Å². The Hall–Kier alpha value is -0.610. The van der Waals surface area contributed by atoms with Gasteiger partial charge < -0.3 is 9.84 Å². The van der Waals surface area contributed by atoms with Gasteiger partial charge in [-0.1, -0.05) is 0 Å². The van der Waals surface area contributed by atoms with Crippen molar-refractivity contribution in [2.75, 3.05) is 19.7 Å². The molecule has 2 rings (SSSR count). The minimum absolute atomic E-state index is 0.132. The van der Waals surface area contributed by atoms with Crippen LogP contribution in [0.5, 0.6) is 0 Å². The van der Waals surface area contributed by atoms with Crippen LogP contribution in [0, 0.1) is 0 Å². The topological polar surface area (TPSA) is 49.8 Å². The third-order valence-corrected chi connectivity index (χ3v) is 2.87. The summed E-state index contributed by atoms with van der Waals surface area (Å²) in [4.78, 5) is 13.1. The van der Waals surface area contributed by atoms with Crippen LogP contribution in [0.25, 0.3) is 0 Å². The molecule has 0 radical (unpaired) electrons. The monoisotopic (exact) mass is 185 g/mol. The summed E-state index contributed by atoms with van der Waals surface area (Å²) in [5.41, 5.74) is 0. The maximum atomic E-state index is 11.0. The van der Waals surface area contributed by atoms with Gasteiger partial charge in [0.2, 0.25) is 0 Å². The summed E-state index contributed by atoms with van der Waals surface area (Å²) in [6.07, 6.45) is 2.53. The molecule has 0 amide bonds. The van der Waals surface area contributed by atoms with Gasteiger partial charge in [0.1, 0.15) is 6.61 Å². The number of morpholine rings is 1. The van der Waals surface area contributed by atoms with Gasteiger partial charge in [-0.15, -0.1) is 0 Å². The first-order valence-corrected chi connectivity index (χ1v) is 4.83. The number of carbonyl (C=O) groups is 1. The lowest BCUT2D eigenvalue weighted by Crippen LogP contribution is -2.45. The van der Waals surface area contributed by atoms with Crippen LogP contribution in [0.4, 0.5) is 0 Å². The van der Waals surface area contributed by atoms with E-state index in [1.807, 2.05) is 0 Å². The molecular weight excluding hydrogens is 170 g/mol. The van der Waals surface area contributed by atoms with Gasteiger partial charge in [0, 0.05) is 12.6 Å². The van der Waals surface area contributed by atoms with Gasteiger partial charge in [-0.25, -0.2) is 0 Å². The van der Waals surface area contributed by atoms with E-state index in [2.05, 4.69) is 4.90 Å². The molecule has 2 fully saturated rings. The minimum Gasteiger partial charge on any atom is -0.463 e. The highest BCUT2D eigenvalue weighted by Crippen LogP contribution is 2.24. The van der Waals surface area contributed by atoms with Crippen molar-refractivity contribution < 1.29 is 14.6 Å². The Morgan fingerprint density at radius 3 is 2.92 bits per heavy atom. The SMILES string of the molecule is O=C1CN(C2CCC(O)C2)CCO1. The van der Waals surface area contributed by atoms with E-state index in [9.17, 15) is 9.90 Å². The first-order chi connectivity index (χ1) is 6.25. The fourth-order valence-corrected chi connectivity index (χ4v) is 2.15. The molecule has 1 aliphatic carbocycles. The molecule has 0 bridgehead atoms. The minimum atomic E-state index is -0.164. The van der Waals surface area contributed by atoms with E-state index >= 15 is 0 Å². The van der Waals surface area contributed by atoms with Crippen LogP contribution in [0.15, 0.2) is 0 Å². The van der Waals surface area contributed by atoms with E-state index in [-0.39, 0.29) is 12.1 Å². The summed E-state index contributed by atoms with van der Waals surface area (Å²) in [5.74, 6) is -0.132. The lowest BCUT2D eigenvalue weighted by Gasteiger charge is -2.30. The molecule has 2 unspecified atom stereocenters. The van der Waals surface area contributed by atoms with E-state index in [0.29, 0.717) is 19.2 Å². The Labute approximate surface area is 77.5 Å². The van der Waals surface area contributed by atoms with Crippen LogP contribution >= 0.6 is 0 Å². The van der Waals surface area contributed by atoms with Crippen LogP contribution in [0.3, 0.4) is 0 Å². The number of esters is 1. The normalized spacial score (nSPS) is 36.2. The predicted octanol–water partition coefficient (Wildman–Crippen LogP) is -0.241. The fraction of sp³-hybridized carbons (Fsp3) is 0.889. The summed E-state index contributed by atoms with van der Waals surface area (Å²) in [6.45, 7) is 1.73. The lowest BCUT2D eigenvalue weighted by molar-refractivity contribution is -0.151. The number of ether oxygens (including phenoxy) is 1. The summed E-state index contributed by atoms with van der Waals surface area (Å²) >= 11 is 0. The van der Waals surface area contributed by atoms with E-state index in [0.717, 1.165) is 25.8 Å². The third-order valence-electron chi connectivity index (χ3n) is 2.87. The van der Waals surface area contributed by atoms with Gasteiger partial charge in [0.15, 0.2) is 0 Å². The molecule has 2 aliphatic rings. The Balaban J connectivity index is 1.89. The van der Waals surface area contributed by atoms with Crippen molar-refractivity contribution in [3.63, 3.8) is 0 Å². The molecule has 0 aromatic rings. The molecule has 0 spiro atoms. The molecule has 1 aliphatic heterocycles. The van der Waals surface area contributed by atoms with Crippen LogP contribution < -0.4 is 0 Å². The van der Waals surface area contributed by atoms with Crippen LogP contribution in [-0.4, -0.2) is 47.8 Å². The summed E-state index contributed by atoms with van der Waals surface area (Å²) in [7, 11) is 0. The highest BCUT2D eigenvalue weighted by Gasteiger charge is 2.31. The number of carbonyl (C=O) groups excluding carboxylic acids is 1. The zero-order chi connectivity index (χ0) is 9.26. The maximum absolute atomic E-state index is 11.0. The largest absolute Gasteiger partial charge is 0.463 e. The molecule has 1 saturated carbocycles. The molecule has 1 N–H and O–H groups in total. The molecule has 1 saturated heterocycles. The Kier molecular flexibility index (Phi) is 2.51. The van der Waals surface area contributed by atoms with Crippen molar-refractivity contribution in [3.05, 3.63) is 0 Å². The second kappa shape index (κ2) is 3.64. The quantitative estimate of drug-likeness (QED) is 0.573. The average molecular weight is 185 g/mol. The fourth-order valence-electron chi connectivity index (χ4n) is 2.15. The van der Waals surface area contributed by atoms with E-state index in [4.69, 9.17) is 4.74 Å². The Morgan fingerprint density at radius 1 is 1.46 bits per heavy atom. The second-order valence-corrected chi connectivity index (χ2v) is 3.81.